The predicted molar refractivity (Wildman–Crippen MR) is 95.9 cm³/mol. The third kappa shape index (κ3) is 3.38. The van der Waals surface area contributed by atoms with Crippen LogP contribution in [-0.2, 0) is 0 Å². The maximum Gasteiger partial charge on any atom is 0.410 e. The molecule has 6 nitrogen and oxygen atoms in total. The van der Waals surface area contributed by atoms with Crippen molar-refractivity contribution in [2.45, 2.75) is 57.4 Å². The molecule has 28 heavy (non-hydrogen) atoms. The monoisotopic (exact) mass is 396 g/mol. The Labute approximate surface area is 160 Å². The van der Waals surface area contributed by atoms with Crippen molar-refractivity contribution in [3.8, 4) is 0 Å². The molecule has 2 aromatic heterocycles. The summed E-state index contributed by atoms with van der Waals surface area (Å²) in [5.74, 6) is 0.808. The minimum Gasteiger partial charge on any atom is -0.467 e. The first kappa shape index (κ1) is 18.9. The van der Waals surface area contributed by atoms with Crippen molar-refractivity contribution in [2.75, 3.05) is 11.9 Å². The molecule has 0 bridgehead atoms. The van der Waals surface area contributed by atoms with Gasteiger partial charge >= 0.3 is 6.18 Å². The third-order valence-electron chi connectivity index (χ3n) is 5.69. The molecule has 2 aliphatic heterocycles. The fraction of sp³-hybridized carbons (Fsp3) is 0.579. The second-order valence-electron chi connectivity index (χ2n) is 7.84. The van der Waals surface area contributed by atoms with Crippen molar-refractivity contribution in [3.05, 3.63) is 35.9 Å². The van der Waals surface area contributed by atoms with Gasteiger partial charge in [0, 0.05) is 25.1 Å². The van der Waals surface area contributed by atoms with Gasteiger partial charge in [0.2, 0.25) is 0 Å². The lowest BCUT2D eigenvalue weighted by molar-refractivity contribution is -0.174. The fourth-order valence-electron chi connectivity index (χ4n) is 4.21. The van der Waals surface area contributed by atoms with Gasteiger partial charge in [0.05, 0.1) is 12.3 Å². The molecule has 4 heterocycles. The zero-order valence-corrected chi connectivity index (χ0v) is 15.7. The minimum absolute atomic E-state index is 0.0391. The third-order valence-corrected chi connectivity index (χ3v) is 5.69. The fourth-order valence-corrected chi connectivity index (χ4v) is 4.21. The van der Waals surface area contributed by atoms with Crippen LogP contribution in [0.4, 0.5) is 19.0 Å². The summed E-state index contributed by atoms with van der Waals surface area (Å²) in [6.45, 7) is 4.70. The van der Waals surface area contributed by atoms with Gasteiger partial charge in [0.25, 0.3) is 5.91 Å². The smallest absolute Gasteiger partial charge is 0.410 e. The van der Waals surface area contributed by atoms with Crippen molar-refractivity contribution >= 4 is 11.7 Å². The summed E-state index contributed by atoms with van der Waals surface area (Å²) in [6.07, 6.45) is -1.55. The van der Waals surface area contributed by atoms with Crippen LogP contribution in [0.25, 0.3) is 0 Å². The van der Waals surface area contributed by atoms with Gasteiger partial charge in [-0.3, -0.25) is 4.79 Å². The molecule has 1 fully saturated rings. The van der Waals surface area contributed by atoms with Crippen LogP contribution in [0, 0.1) is 5.92 Å². The number of carbonyl (C=O) groups is 1. The number of furan rings is 1. The first-order chi connectivity index (χ1) is 13.2. The average Bonchev–Trinajstić information content (AvgIpc) is 3.29. The van der Waals surface area contributed by atoms with E-state index in [4.69, 9.17) is 4.42 Å². The van der Waals surface area contributed by atoms with E-state index in [1.165, 1.54) is 12.3 Å². The van der Waals surface area contributed by atoms with E-state index in [0.717, 1.165) is 17.5 Å². The quantitative estimate of drug-likeness (QED) is 0.818. The normalized spacial score (nSPS) is 28.0. The molecule has 1 amide bonds. The van der Waals surface area contributed by atoms with Gasteiger partial charge in [0.1, 0.15) is 11.6 Å². The molecule has 4 atom stereocenters. The van der Waals surface area contributed by atoms with Crippen molar-refractivity contribution < 1.29 is 22.4 Å². The SMILES string of the molecule is C[C@@H]1CCN(C(=O)c2cc3n(n2)[C@H](C(F)(F)F)C[C@H](c2ccco2)N3)[C@@H](C)C1. The van der Waals surface area contributed by atoms with E-state index in [2.05, 4.69) is 17.3 Å². The number of carbonyl (C=O) groups excluding carboxylic acids is 1. The van der Waals surface area contributed by atoms with E-state index < -0.39 is 18.3 Å². The van der Waals surface area contributed by atoms with Gasteiger partial charge < -0.3 is 14.6 Å². The summed E-state index contributed by atoms with van der Waals surface area (Å²) < 4.78 is 47.3. The van der Waals surface area contributed by atoms with Gasteiger partial charge in [0.15, 0.2) is 11.7 Å². The second-order valence-corrected chi connectivity index (χ2v) is 7.84. The van der Waals surface area contributed by atoms with Crippen LogP contribution in [-0.4, -0.2) is 39.4 Å². The van der Waals surface area contributed by atoms with E-state index in [0.29, 0.717) is 18.2 Å². The number of halogens is 3. The first-order valence-corrected chi connectivity index (χ1v) is 9.51. The average molecular weight is 396 g/mol. The summed E-state index contributed by atoms with van der Waals surface area (Å²) in [7, 11) is 0. The molecule has 1 N–H and O–H groups in total. The summed E-state index contributed by atoms with van der Waals surface area (Å²) >= 11 is 0. The van der Waals surface area contributed by atoms with Crippen LogP contribution < -0.4 is 5.32 Å². The van der Waals surface area contributed by atoms with E-state index in [9.17, 15) is 18.0 Å². The lowest BCUT2D eigenvalue weighted by Gasteiger charge is -2.36. The molecule has 9 heteroatoms. The maximum absolute atomic E-state index is 13.7. The Kier molecular flexibility index (Phi) is 4.63. The van der Waals surface area contributed by atoms with Gasteiger partial charge in [-0.15, -0.1) is 0 Å². The van der Waals surface area contributed by atoms with Crippen LogP contribution in [0.5, 0.6) is 0 Å². The van der Waals surface area contributed by atoms with Crippen LogP contribution in [0.1, 0.15) is 61.4 Å². The zero-order valence-electron chi connectivity index (χ0n) is 15.7. The second kappa shape index (κ2) is 6.86. The summed E-state index contributed by atoms with van der Waals surface area (Å²) in [5, 5.41) is 7.09. The molecule has 152 valence electrons. The number of piperidine rings is 1. The van der Waals surface area contributed by atoms with Crippen molar-refractivity contribution in [1.82, 2.24) is 14.7 Å². The van der Waals surface area contributed by atoms with Gasteiger partial charge in [-0.1, -0.05) is 6.92 Å². The van der Waals surface area contributed by atoms with Gasteiger partial charge in [-0.25, -0.2) is 4.68 Å². The predicted octanol–water partition coefficient (Wildman–Crippen LogP) is 4.40. The number of nitrogens with zero attached hydrogens (tertiary/aromatic N) is 3. The van der Waals surface area contributed by atoms with Crippen molar-refractivity contribution in [3.63, 3.8) is 0 Å². The number of hydrogen-bond acceptors (Lipinski definition) is 4. The van der Waals surface area contributed by atoms with Gasteiger partial charge in [-0.2, -0.15) is 18.3 Å². The number of fused-ring (bicyclic) bond motifs is 1. The highest BCUT2D eigenvalue weighted by Crippen LogP contribution is 2.43. The maximum atomic E-state index is 13.7. The molecule has 0 aromatic carbocycles. The largest absolute Gasteiger partial charge is 0.467 e. The van der Waals surface area contributed by atoms with E-state index in [1.807, 2.05) is 6.92 Å². The molecule has 2 aromatic rings. The highest BCUT2D eigenvalue weighted by molar-refractivity contribution is 5.93. The molecular formula is C19H23F3N4O2. The molecule has 0 aliphatic carbocycles. The van der Waals surface area contributed by atoms with E-state index >= 15 is 0 Å². The Morgan fingerprint density at radius 2 is 2.11 bits per heavy atom. The molecular weight excluding hydrogens is 373 g/mol. The highest BCUT2D eigenvalue weighted by atomic mass is 19.4. The highest BCUT2D eigenvalue weighted by Gasteiger charge is 2.47. The number of aromatic nitrogens is 2. The van der Waals surface area contributed by atoms with E-state index in [-0.39, 0.29) is 29.9 Å². The standard InChI is InChI=1S/C19H23F3N4O2/c1-11-5-6-25(12(2)8-11)18(27)14-10-17-23-13(15-4-3-7-28-15)9-16(19(20,21)22)26(17)24-14/h3-4,7,10-13,16,23H,5-6,8-9H2,1-2H3/t11-,12+,13-,16+/m1/s1. The number of alkyl halides is 3. The Morgan fingerprint density at radius 1 is 1.32 bits per heavy atom. The lowest BCUT2D eigenvalue weighted by Crippen LogP contribution is -2.44. The summed E-state index contributed by atoms with van der Waals surface area (Å²) in [5.41, 5.74) is 0.0400. The van der Waals surface area contributed by atoms with Crippen LogP contribution in [0.15, 0.2) is 28.9 Å². The topological polar surface area (TPSA) is 63.3 Å². The number of nitrogens with one attached hydrogen (secondary N) is 1. The number of amides is 1. The molecule has 1 saturated heterocycles. The molecule has 0 saturated carbocycles. The molecule has 0 spiro atoms. The van der Waals surface area contributed by atoms with Crippen molar-refractivity contribution in [1.29, 1.82) is 0 Å². The Balaban J connectivity index is 1.64. The van der Waals surface area contributed by atoms with E-state index in [1.54, 1.807) is 17.0 Å². The first-order valence-electron chi connectivity index (χ1n) is 9.51. The number of anilines is 1. The molecule has 0 unspecified atom stereocenters. The Bertz CT molecular complexity index is 846. The summed E-state index contributed by atoms with van der Waals surface area (Å²) in [4.78, 5) is 14.6. The lowest BCUT2D eigenvalue weighted by atomic mass is 9.93. The Morgan fingerprint density at radius 3 is 2.75 bits per heavy atom. The number of likely N-dealkylation sites (tertiary alicyclic amines) is 1. The zero-order chi connectivity index (χ0) is 20.1. The van der Waals surface area contributed by atoms with Crippen LogP contribution >= 0.6 is 0 Å². The number of hydrogen-bond donors (Lipinski definition) is 1. The Hall–Kier alpha value is -2.45. The summed E-state index contributed by atoms with van der Waals surface area (Å²) in [6, 6.07) is 2.28. The molecule has 2 aliphatic rings. The van der Waals surface area contributed by atoms with Gasteiger partial charge in [-0.05, 0) is 37.8 Å². The number of rotatable bonds is 2. The molecule has 0 radical (unpaired) electrons. The molecule has 4 rings (SSSR count). The van der Waals surface area contributed by atoms with Crippen LogP contribution in [0.2, 0.25) is 0 Å². The van der Waals surface area contributed by atoms with Crippen molar-refractivity contribution in [2.24, 2.45) is 5.92 Å². The minimum atomic E-state index is -4.48. The van der Waals surface area contributed by atoms with Crippen LogP contribution in [0.3, 0.4) is 0 Å².